The summed E-state index contributed by atoms with van der Waals surface area (Å²) in [6, 6.07) is 2.26. The fourth-order valence-corrected chi connectivity index (χ4v) is 3.12. The molecule has 2 rings (SSSR count). The summed E-state index contributed by atoms with van der Waals surface area (Å²) in [4.78, 5) is 14.3. The van der Waals surface area contributed by atoms with Crippen LogP contribution in [0.15, 0.2) is 0 Å². The zero-order chi connectivity index (χ0) is 15.0. The lowest BCUT2D eigenvalue weighted by Gasteiger charge is -2.41. The van der Waals surface area contributed by atoms with E-state index in [0.29, 0.717) is 12.5 Å². The summed E-state index contributed by atoms with van der Waals surface area (Å²) in [6.45, 7) is 9.75. The van der Waals surface area contributed by atoms with Gasteiger partial charge in [0.25, 0.3) is 0 Å². The average Bonchev–Trinajstić information content (AvgIpc) is 3.09. The Bertz CT molecular complexity index is 425. The summed E-state index contributed by atoms with van der Waals surface area (Å²) >= 11 is 0. The highest BCUT2D eigenvalue weighted by Crippen LogP contribution is 2.39. The number of morpholine rings is 1. The SMILES string of the molecule is CC1CN(CC(=O)NC(C)(C#N)C2CC2)CC(C)(C)O1. The van der Waals surface area contributed by atoms with Gasteiger partial charge in [0.1, 0.15) is 5.54 Å². The van der Waals surface area contributed by atoms with Gasteiger partial charge in [-0.2, -0.15) is 5.26 Å². The molecule has 2 aliphatic rings. The highest BCUT2D eigenvalue weighted by atomic mass is 16.5. The van der Waals surface area contributed by atoms with Crippen molar-refractivity contribution in [3.63, 3.8) is 0 Å². The zero-order valence-electron chi connectivity index (χ0n) is 12.9. The number of hydrogen-bond acceptors (Lipinski definition) is 4. The molecule has 0 radical (unpaired) electrons. The van der Waals surface area contributed by atoms with E-state index < -0.39 is 5.54 Å². The van der Waals surface area contributed by atoms with Gasteiger partial charge in [-0.3, -0.25) is 9.69 Å². The molecule has 0 aromatic carbocycles. The Balaban J connectivity index is 1.90. The Hall–Kier alpha value is -1.12. The second-order valence-corrected chi connectivity index (χ2v) is 6.99. The first-order chi connectivity index (χ1) is 9.24. The van der Waals surface area contributed by atoms with Crippen LogP contribution in [0, 0.1) is 17.2 Å². The highest BCUT2D eigenvalue weighted by molar-refractivity contribution is 5.79. The molecular formula is C15H25N3O2. The quantitative estimate of drug-likeness (QED) is 0.842. The second-order valence-electron chi connectivity index (χ2n) is 6.99. The van der Waals surface area contributed by atoms with Crippen LogP contribution >= 0.6 is 0 Å². The average molecular weight is 279 g/mol. The third kappa shape index (κ3) is 3.71. The van der Waals surface area contributed by atoms with E-state index >= 15 is 0 Å². The third-order valence-electron chi connectivity index (χ3n) is 4.03. The maximum absolute atomic E-state index is 12.2. The van der Waals surface area contributed by atoms with Gasteiger partial charge >= 0.3 is 0 Å². The molecule has 1 saturated carbocycles. The summed E-state index contributed by atoms with van der Waals surface area (Å²) in [5, 5.41) is 12.2. The van der Waals surface area contributed by atoms with Gasteiger partial charge in [-0.05, 0) is 46.5 Å². The van der Waals surface area contributed by atoms with Crippen LogP contribution in [0.1, 0.15) is 40.5 Å². The fourth-order valence-electron chi connectivity index (χ4n) is 3.12. The molecule has 112 valence electrons. The largest absolute Gasteiger partial charge is 0.370 e. The van der Waals surface area contributed by atoms with Crippen molar-refractivity contribution in [3.05, 3.63) is 0 Å². The van der Waals surface area contributed by atoms with Gasteiger partial charge in [-0.1, -0.05) is 0 Å². The van der Waals surface area contributed by atoms with Gasteiger partial charge in [0, 0.05) is 13.1 Å². The van der Waals surface area contributed by atoms with Gasteiger partial charge in [0.05, 0.1) is 24.3 Å². The lowest BCUT2D eigenvalue weighted by Crippen LogP contribution is -2.56. The molecule has 2 unspecified atom stereocenters. The summed E-state index contributed by atoms with van der Waals surface area (Å²) < 4.78 is 5.83. The third-order valence-corrected chi connectivity index (χ3v) is 4.03. The standard InChI is InChI=1S/C15H25N3O2/c1-11-7-18(10-14(2,3)20-11)8-13(19)17-15(4,9-16)12-5-6-12/h11-12H,5-8,10H2,1-4H3,(H,17,19). The van der Waals surface area contributed by atoms with Crippen LogP contribution < -0.4 is 5.32 Å². The predicted molar refractivity (Wildman–Crippen MR) is 76.0 cm³/mol. The summed E-state index contributed by atoms with van der Waals surface area (Å²) in [5.41, 5.74) is -0.933. The predicted octanol–water partition coefficient (Wildman–Crippen LogP) is 1.29. The number of rotatable bonds is 4. The van der Waals surface area contributed by atoms with Crippen LogP contribution in [0.5, 0.6) is 0 Å². The van der Waals surface area contributed by atoms with E-state index in [9.17, 15) is 10.1 Å². The molecule has 5 nitrogen and oxygen atoms in total. The molecular weight excluding hydrogens is 254 g/mol. The first kappa shape index (κ1) is 15.3. The van der Waals surface area contributed by atoms with Gasteiger partial charge in [-0.25, -0.2) is 0 Å². The molecule has 1 aliphatic carbocycles. The minimum Gasteiger partial charge on any atom is -0.370 e. The minimum atomic E-state index is -0.704. The molecule has 2 fully saturated rings. The van der Waals surface area contributed by atoms with E-state index in [4.69, 9.17) is 4.74 Å². The second kappa shape index (κ2) is 5.34. The molecule has 1 aliphatic heterocycles. The van der Waals surface area contributed by atoms with Gasteiger partial charge < -0.3 is 10.1 Å². The number of hydrogen-bond donors (Lipinski definition) is 1. The summed E-state index contributed by atoms with van der Waals surface area (Å²) in [5.74, 6) is 0.252. The fraction of sp³-hybridized carbons (Fsp3) is 0.867. The van der Waals surface area contributed by atoms with Crippen molar-refractivity contribution in [2.75, 3.05) is 19.6 Å². The van der Waals surface area contributed by atoms with Gasteiger partial charge in [-0.15, -0.1) is 0 Å². The van der Waals surface area contributed by atoms with E-state index in [-0.39, 0.29) is 17.6 Å². The van der Waals surface area contributed by atoms with Gasteiger partial charge in [0.15, 0.2) is 0 Å². The Labute approximate surface area is 121 Å². The number of carbonyl (C=O) groups excluding carboxylic acids is 1. The molecule has 0 aromatic heterocycles. The van der Waals surface area contributed by atoms with E-state index in [2.05, 4.69) is 16.3 Å². The number of nitriles is 1. The molecule has 1 saturated heterocycles. The van der Waals surface area contributed by atoms with E-state index in [1.807, 2.05) is 27.7 Å². The lowest BCUT2D eigenvalue weighted by molar-refractivity contribution is -0.140. The molecule has 5 heteroatoms. The number of amides is 1. The maximum Gasteiger partial charge on any atom is 0.235 e. The van der Waals surface area contributed by atoms with E-state index in [0.717, 1.165) is 25.9 Å². The molecule has 1 amide bonds. The minimum absolute atomic E-state index is 0.0640. The van der Waals surface area contributed by atoms with Crippen LogP contribution in [-0.4, -0.2) is 47.7 Å². The van der Waals surface area contributed by atoms with Crippen molar-refractivity contribution in [1.29, 1.82) is 5.26 Å². The first-order valence-corrected chi connectivity index (χ1v) is 7.36. The van der Waals surface area contributed by atoms with Crippen LogP contribution in [-0.2, 0) is 9.53 Å². The molecule has 2 atom stereocenters. The number of nitrogens with one attached hydrogen (secondary N) is 1. The van der Waals surface area contributed by atoms with Crippen molar-refractivity contribution < 1.29 is 9.53 Å². The molecule has 0 spiro atoms. The Morgan fingerprint density at radius 2 is 2.20 bits per heavy atom. The number of carbonyl (C=O) groups is 1. The van der Waals surface area contributed by atoms with Crippen LogP contribution in [0.25, 0.3) is 0 Å². The topological polar surface area (TPSA) is 65.4 Å². The van der Waals surface area contributed by atoms with Crippen molar-refractivity contribution in [3.8, 4) is 6.07 Å². The Kier molecular flexibility index (Phi) is 4.08. The molecule has 0 aromatic rings. The van der Waals surface area contributed by atoms with Crippen LogP contribution in [0.2, 0.25) is 0 Å². The van der Waals surface area contributed by atoms with E-state index in [1.54, 1.807) is 0 Å². The summed E-state index contributed by atoms with van der Waals surface area (Å²) in [7, 11) is 0. The van der Waals surface area contributed by atoms with Gasteiger partial charge in [0.2, 0.25) is 5.91 Å². The number of ether oxygens (including phenoxy) is 1. The monoisotopic (exact) mass is 279 g/mol. The first-order valence-electron chi connectivity index (χ1n) is 7.36. The highest BCUT2D eigenvalue weighted by Gasteiger charge is 2.43. The van der Waals surface area contributed by atoms with E-state index in [1.165, 1.54) is 0 Å². The van der Waals surface area contributed by atoms with Crippen molar-refractivity contribution in [2.24, 2.45) is 5.92 Å². The molecule has 1 N–H and O–H groups in total. The lowest BCUT2D eigenvalue weighted by atomic mass is 9.98. The Morgan fingerprint density at radius 1 is 1.55 bits per heavy atom. The maximum atomic E-state index is 12.2. The van der Waals surface area contributed by atoms with Crippen molar-refractivity contribution in [2.45, 2.75) is 57.8 Å². The number of nitrogens with zero attached hydrogens (tertiary/aromatic N) is 2. The smallest absolute Gasteiger partial charge is 0.235 e. The van der Waals surface area contributed by atoms with Crippen LogP contribution in [0.4, 0.5) is 0 Å². The van der Waals surface area contributed by atoms with Crippen molar-refractivity contribution in [1.82, 2.24) is 10.2 Å². The summed E-state index contributed by atoms with van der Waals surface area (Å²) in [6.07, 6.45) is 2.19. The zero-order valence-corrected chi connectivity index (χ0v) is 12.9. The molecule has 0 bridgehead atoms. The molecule has 20 heavy (non-hydrogen) atoms. The van der Waals surface area contributed by atoms with Crippen molar-refractivity contribution >= 4 is 5.91 Å². The molecule has 1 heterocycles. The van der Waals surface area contributed by atoms with Crippen LogP contribution in [0.3, 0.4) is 0 Å². The Morgan fingerprint density at radius 3 is 2.70 bits per heavy atom. The normalized spacial score (nSPS) is 29.2.